The Balaban J connectivity index is 3.01. The van der Waals surface area contributed by atoms with E-state index in [4.69, 9.17) is 33.2 Å². The predicted octanol–water partition coefficient (Wildman–Crippen LogP) is 11.3. The molecule has 0 aliphatic rings. The minimum absolute atomic E-state index is 0.830. The Bertz CT molecular complexity index is 298. The van der Waals surface area contributed by atoms with Crippen LogP contribution in [0.1, 0.15) is 135 Å². The molecule has 5 heteroatoms. The van der Waals surface area contributed by atoms with E-state index < -0.39 is 6.00 Å². The maximum absolute atomic E-state index is 5.90. The molecule has 0 amide bonds. The maximum Gasteiger partial charge on any atom is 0.341 e. The third-order valence-corrected chi connectivity index (χ3v) is 8.98. The second-order valence-corrected chi connectivity index (χ2v) is 18.8. The highest BCUT2D eigenvalue weighted by Crippen LogP contribution is 2.27. The van der Waals surface area contributed by atoms with Gasteiger partial charge in [0.25, 0.3) is 0 Å². The summed E-state index contributed by atoms with van der Waals surface area (Å²) in [7, 11) is 0. The van der Waals surface area contributed by atoms with Crippen LogP contribution in [0.5, 0.6) is 0 Å². The smallest absolute Gasteiger partial charge is 0.126 e. The van der Waals surface area contributed by atoms with Gasteiger partial charge in [0.05, 0.1) is 0 Å². The first-order valence-corrected chi connectivity index (χ1v) is 19.0. The monoisotopic (exact) mass is 582 g/mol. The average molecular weight is 584 g/mol. The van der Waals surface area contributed by atoms with Crippen molar-refractivity contribution in [2.75, 3.05) is 4.43 Å². The SMILES string of the molecule is Cl[Si](Cl)(Cl)CCCCCCCCCCCCCCCCCCCCCCCI. The van der Waals surface area contributed by atoms with Gasteiger partial charge in [-0.3, -0.25) is 0 Å². The van der Waals surface area contributed by atoms with Gasteiger partial charge in [-0.05, 0) is 16.9 Å². The molecule has 0 nitrogen and oxygen atoms in total. The predicted molar refractivity (Wildman–Crippen MR) is 144 cm³/mol. The summed E-state index contributed by atoms with van der Waals surface area (Å²) in [6, 6.07) is -1.53. The Labute approximate surface area is 205 Å². The molecule has 0 aromatic carbocycles. The molecular weight excluding hydrogens is 538 g/mol. The summed E-state index contributed by atoms with van der Waals surface area (Å²) in [6.07, 6.45) is 29.7. The van der Waals surface area contributed by atoms with Crippen molar-refractivity contribution in [1.29, 1.82) is 0 Å². The number of halogens is 4. The van der Waals surface area contributed by atoms with Gasteiger partial charge in [0.1, 0.15) is 0 Å². The summed E-state index contributed by atoms with van der Waals surface area (Å²) in [5.41, 5.74) is 0. The second-order valence-electron chi connectivity index (χ2n) is 8.48. The Morgan fingerprint density at radius 1 is 0.357 bits per heavy atom. The molecule has 0 N–H and O–H groups in total. The third-order valence-electron chi connectivity index (χ3n) is 5.59. The number of unbranched alkanes of at least 4 members (excludes halogenated alkanes) is 20. The van der Waals surface area contributed by atoms with Crippen LogP contribution in [-0.4, -0.2) is 10.4 Å². The lowest BCUT2D eigenvalue weighted by Gasteiger charge is -2.07. The molecule has 0 fully saturated rings. The van der Waals surface area contributed by atoms with E-state index in [1.165, 1.54) is 133 Å². The van der Waals surface area contributed by atoms with Crippen molar-refractivity contribution >= 4 is 61.8 Å². The summed E-state index contributed by atoms with van der Waals surface area (Å²) in [5.74, 6) is 0. The molecule has 0 saturated carbocycles. The summed E-state index contributed by atoms with van der Waals surface area (Å²) in [5, 5.41) is 0. The molecule has 0 aromatic heterocycles. The molecule has 0 aliphatic carbocycles. The molecule has 0 rings (SSSR count). The van der Waals surface area contributed by atoms with Crippen LogP contribution in [-0.2, 0) is 0 Å². The van der Waals surface area contributed by atoms with E-state index >= 15 is 0 Å². The summed E-state index contributed by atoms with van der Waals surface area (Å²) >= 11 is 20.2. The Hall–Kier alpha value is 1.82. The molecule has 0 aliphatic heterocycles. The van der Waals surface area contributed by atoms with E-state index in [-0.39, 0.29) is 0 Å². The zero-order chi connectivity index (χ0) is 20.8. The van der Waals surface area contributed by atoms with Crippen LogP contribution in [0.3, 0.4) is 0 Å². The van der Waals surface area contributed by atoms with Crippen LogP contribution in [0.25, 0.3) is 0 Å². The van der Waals surface area contributed by atoms with Crippen LogP contribution >= 0.6 is 55.8 Å². The van der Waals surface area contributed by atoms with Crippen LogP contribution in [0.2, 0.25) is 6.04 Å². The first-order valence-electron chi connectivity index (χ1n) is 12.2. The summed E-state index contributed by atoms with van der Waals surface area (Å²) < 4.78 is 1.33. The standard InChI is InChI=1S/C23H46Cl3ISi/c24-28(25,26)23-21-19-17-15-13-11-9-7-5-3-1-2-4-6-8-10-12-14-16-18-20-22-27/h1-23H2. The number of rotatable bonds is 23. The first-order chi connectivity index (χ1) is 13.6. The lowest BCUT2D eigenvalue weighted by molar-refractivity contribution is 0.521. The molecule has 170 valence electrons. The van der Waals surface area contributed by atoms with Gasteiger partial charge < -0.3 is 0 Å². The van der Waals surface area contributed by atoms with Crippen molar-refractivity contribution in [2.45, 2.75) is 141 Å². The van der Waals surface area contributed by atoms with Crippen LogP contribution in [0.15, 0.2) is 0 Å². The van der Waals surface area contributed by atoms with E-state index in [1.54, 1.807) is 0 Å². The molecular formula is C23H46Cl3ISi. The Kier molecular flexibility index (Phi) is 25.0. The highest BCUT2D eigenvalue weighted by molar-refractivity contribution is 14.1. The molecule has 0 bridgehead atoms. The van der Waals surface area contributed by atoms with E-state index in [2.05, 4.69) is 22.6 Å². The fraction of sp³-hybridized carbons (Fsp3) is 1.00. The number of alkyl halides is 1. The van der Waals surface area contributed by atoms with Gasteiger partial charge in [0, 0.05) is 0 Å². The molecule has 0 unspecified atom stereocenters. The molecule has 0 radical (unpaired) electrons. The Morgan fingerprint density at radius 2 is 0.571 bits per heavy atom. The maximum atomic E-state index is 5.90. The van der Waals surface area contributed by atoms with Crippen molar-refractivity contribution < 1.29 is 0 Å². The van der Waals surface area contributed by atoms with Gasteiger partial charge in [0.2, 0.25) is 0 Å². The van der Waals surface area contributed by atoms with Crippen LogP contribution < -0.4 is 0 Å². The van der Waals surface area contributed by atoms with Crippen molar-refractivity contribution in [3.63, 3.8) is 0 Å². The fourth-order valence-corrected chi connectivity index (χ4v) is 6.17. The number of hydrogen-bond donors (Lipinski definition) is 0. The molecule has 0 atom stereocenters. The first kappa shape index (κ1) is 29.8. The average Bonchev–Trinajstić information content (AvgIpc) is 2.65. The van der Waals surface area contributed by atoms with Crippen molar-refractivity contribution in [3.05, 3.63) is 0 Å². The van der Waals surface area contributed by atoms with Crippen LogP contribution in [0.4, 0.5) is 0 Å². The second kappa shape index (κ2) is 23.5. The third kappa shape index (κ3) is 27.8. The van der Waals surface area contributed by atoms with Gasteiger partial charge in [-0.1, -0.05) is 151 Å². The van der Waals surface area contributed by atoms with Crippen molar-refractivity contribution in [3.8, 4) is 0 Å². The van der Waals surface area contributed by atoms with Gasteiger partial charge >= 0.3 is 6.00 Å². The lowest BCUT2D eigenvalue weighted by atomic mass is 10.0. The zero-order valence-electron chi connectivity index (χ0n) is 18.3. The highest BCUT2D eigenvalue weighted by atomic mass is 127. The molecule has 0 spiro atoms. The van der Waals surface area contributed by atoms with E-state index in [9.17, 15) is 0 Å². The molecule has 0 aromatic rings. The van der Waals surface area contributed by atoms with Gasteiger partial charge in [0.15, 0.2) is 0 Å². The van der Waals surface area contributed by atoms with E-state index in [1.807, 2.05) is 0 Å². The largest absolute Gasteiger partial charge is 0.341 e. The minimum atomic E-state index is -2.36. The summed E-state index contributed by atoms with van der Waals surface area (Å²) in [6.45, 7) is 0. The van der Waals surface area contributed by atoms with Crippen molar-refractivity contribution in [2.24, 2.45) is 0 Å². The van der Waals surface area contributed by atoms with Gasteiger partial charge in [-0.15, -0.1) is 33.2 Å². The number of hydrogen-bond acceptors (Lipinski definition) is 0. The molecule has 0 saturated heterocycles. The Morgan fingerprint density at radius 3 is 0.786 bits per heavy atom. The van der Waals surface area contributed by atoms with Gasteiger partial charge in [-0.25, -0.2) is 0 Å². The highest BCUT2D eigenvalue weighted by Gasteiger charge is 2.23. The lowest BCUT2D eigenvalue weighted by Crippen LogP contribution is -2.07. The topological polar surface area (TPSA) is 0 Å². The quantitative estimate of drug-likeness (QED) is 0.0369. The molecule has 28 heavy (non-hydrogen) atoms. The van der Waals surface area contributed by atoms with E-state index in [0.717, 1.165) is 12.5 Å². The zero-order valence-corrected chi connectivity index (χ0v) is 23.7. The van der Waals surface area contributed by atoms with Crippen LogP contribution in [0, 0.1) is 0 Å². The van der Waals surface area contributed by atoms with E-state index in [0.29, 0.717) is 0 Å². The minimum Gasteiger partial charge on any atom is -0.126 e. The normalized spacial score (nSPS) is 12.0. The van der Waals surface area contributed by atoms with Gasteiger partial charge in [-0.2, -0.15) is 0 Å². The van der Waals surface area contributed by atoms with Crippen molar-refractivity contribution in [1.82, 2.24) is 0 Å². The molecule has 0 heterocycles. The fourth-order valence-electron chi connectivity index (χ4n) is 3.78. The summed E-state index contributed by atoms with van der Waals surface area (Å²) in [4.78, 5) is 0.